The molecule has 0 fully saturated rings. The Kier molecular flexibility index (Phi) is 4.34. The molecule has 18 heavy (non-hydrogen) atoms. The van der Waals surface area contributed by atoms with E-state index in [1.54, 1.807) is 6.07 Å². The fraction of sp³-hybridized carbons (Fsp3) is 0.667. The molecular weight excluding hydrogens is 234 g/mol. The van der Waals surface area contributed by atoms with Crippen LogP contribution in [0.2, 0.25) is 0 Å². The lowest BCUT2D eigenvalue weighted by atomic mass is 9.87. The van der Waals surface area contributed by atoms with E-state index in [4.69, 9.17) is 15.0 Å². The number of nitrogens with one attached hydrogen (secondary N) is 1. The van der Waals surface area contributed by atoms with Gasteiger partial charge in [0, 0.05) is 24.6 Å². The molecule has 1 unspecified atom stereocenters. The fourth-order valence-electron chi connectivity index (χ4n) is 1.37. The Balaban J connectivity index is 2.58. The summed E-state index contributed by atoms with van der Waals surface area (Å²) in [5.41, 5.74) is 5.46. The Morgan fingerprint density at radius 2 is 2.17 bits per heavy atom. The molecule has 0 spiro atoms. The molecule has 0 aromatic carbocycles. The van der Waals surface area contributed by atoms with Crippen LogP contribution >= 0.6 is 0 Å². The van der Waals surface area contributed by atoms with Crippen molar-refractivity contribution in [3.05, 3.63) is 18.0 Å². The van der Waals surface area contributed by atoms with Crippen LogP contribution in [0, 0.1) is 0 Å². The van der Waals surface area contributed by atoms with Crippen LogP contribution in [-0.4, -0.2) is 29.9 Å². The molecule has 1 amide bonds. The molecule has 1 atom stereocenters. The average molecular weight is 255 g/mol. The van der Waals surface area contributed by atoms with Crippen molar-refractivity contribution in [3.63, 3.8) is 0 Å². The molecular formula is C12H21N3O3. The molecule has 1 heterocycles. The first-order valence-electron chi connectivity index (χ1n) is 5.85. The summed E-state index contributed by atoms with van der Waals surface area (Å²) in [6.07, 6.45) is 1.02. The molecule has 6 nitrogen and oxygen atoms in total. The second-order valence-corrected chi connectivity index (χ2v) is 5.50. The molecule has 0 bridgehead atoms. The van der Waals surface area contributed by atoms with Gasteiger partial charge < -0.3 is 20.3 Å². The third kappa shape index (κ3) is 4.03. The van der Waals surface area contributed by atoms with Gasteiger partial charge in [0.05, 0.1) is 5.69 Å². The molecule has 1 aromatic heterocycles. The first-order chi connectivity index (χ1) is 8.27. The zero-order valence-corrected chi connectivity index (χ0v) is 11.3. The molecule has 0 aliphatic heterocycles. The quantitative estimate of drug-likeness (QED) is 0.849. The van der Waals surface area contributed by atoms with Gasteiger partial charge in [-0.3, -0.25) is 0 Å². The Labute approximate surface area is 107 Å². The maximum atomic E-state index is 11.6. The Morgan fingerprint density at radius 1 is 1.50 bits per heavy atom. The van der Waals surface area contributed by atoms with Crippen molar-refractivity contribution in [2.75, 3.05) is 13.1 Å². The molecule has 0 aliphatic rings. The van der Waals surface area contributed by atoms with Crippen molar-refractivity contribution in [3.8, 4) is 0 Å². The van der Waals surface area contributed by atoms with Crippen molar-refractivity contribution < 1.29 is 14.1 Å². The lowest BCUT2D eigenvalue weighted by Gasteiger charge is -2.27. The van der Waals surface area contributed by atoms with Gasteiger partial charge >= 0.3 is 6.09 Å². The van der Waals surface area contributed by atoms with Crippen LogP contribution in [0.5, 0.6) is 0 Å². The highest BCUT2D eigenvalue weighted by atomic mass is 16.6. The lowest BCUT2D eigenvalue weighted by molar-refractivity contribution is 0.0516. The van der Waals surface area contributed by atoms with E-state index in [9.17, 15) is 4.79 Å². The van der Waals surface area contributed by atoms with Crippen LogP contribution in [0.3, 0.4) is 0 Å². The normalized spacial score (nSPS) is 14.9. The molecule has 3 N–H and O–H groups in total. The average Bonchev–Trinajstić information content (AvgIpc) is 2.77. The number of amides is 1. The Hall–Kier alpha value is -1.56. The minimum absolute atomic E-state index is 0.338. The highest BCUT2D eigenvalue weighted by Gasteiger charge is 2.29. The molecule has 102 valence electrons. The van der Waals surface area contributed by atoms with Crippen molar-refractivity contribution >= 4 is 6.09 Å². The van der Waals surface area contributed by atoms with Gasteiger partial charge in [-0.05, 0) is 20.8 Å². The number of aromatic nitrogens is 1. The van der Waals surface area contributed by atoms with Gasteiger partial charge in [0.1, 0.15) is 11.9 Å². The van der Waals surface area contributed by atoms with E-state index in [0.29, 0.717) is 18.8 Å². The van der Waals surface area contributed by atoms with Gasteiger partial charge in [-0.25, -0.2) is 4.79 Å². The van der Waals surface area contributed by atoms with Crippen LogP contribution < -0.4 is 11.1 Å². The Morgan fingerprint density at radius 3 is 2.61 bits per heavy atom. The SMILES string of the molecule is CC(C)(C)OC(=O)NCC(C)(CN)c1ccon1. The largest absolute Gasteiger partial charge is 0.444 e. The number of nitrogens with two attached hydrogens (primary N) is 1. The molecule has 6 heteroatoms. The Bertz CT molecular complexity index is 384. The van der Waals surface area contributed by atoms with Gasteiger partial charge in [0.2, 0.25) is 0 Å². The minimum atomic E-state index is -0.517. The van der Waals surface area contributed by atoms with E-state index < -0.39 is 17.1 Å². The summed E-state index contributed by atoms with van der Waals surface area (Å²) in [6, 6.07) is 1.74. The van der Waals surface area contributed by atoms with Gasteiger partial charge in [0.25, 0.3) is 0 Å². The number of carbonyl (C=O) groups is 1. The standard InChI is InChI=1S/C12H21N3O3/c1-11(2,3)18-10(16)14-8-12(4,7-13)9-5-6-17-15-9/h5-6H,7-8,13H2,1-4H3,(H,14,16). The van der Waals surface area contributed by atoms with E-state index in [1.807, 2.05) is 27.7 Å². The summed E-state index contributed by atoms with van der Waals surface area (Å²) in [5, 5.41) is 6.56. The number of ether oxygens (including phenoxy) is 1. The topological polar surface area (TPSA) is 90.4 Å². The molecule has 1 rings (SSSR count). The highest BCUT2D eigenvalue weighted by Crippen LogP contribution is 2.19. The summed E-state index contributed by atoms with van der Waals surface area (Å²) < 4.78 is 9.96. The summed E-state index contributed by atoms with van der Waals surface area (Å²) >= 11 is 0. The molecule has 1 aromatic rings. The summed E-state index contributed by atoms with van der Waals surface area (Å²) in [6.45, 7) is 8.02. The monoisotopic (exact) mass is 255 g/mol. The smallest absolute Gasteiger partial charge is 0.407 e. The maximum Gasteiger partial charge on any atom is 0.407 e. The number of hydrogen-bond donors (Lipinski definition) is 2. The number of hydrogen-bond acceptors (Lipinski definition) is 5. The van der Waals surface area contributed by atoms with Crippen LogP contribution in [0.15, 0.2) is 16.9 Å². The van der Waals surface area contributed by atoms with Crippen LogP contribution in [0.4, 0.5) is 4.79 Å². The number of carbonyl (C=O) groups excluding carboxylic acids is 1. The summed E-state index contributed by atoms with van der Waals surface area (Å²) in [4.78, 5) is 11.6. The second kappa shape index (κ2) is 5.39. The number of nitrogens with zero attached hydrogens (tertiary/aromatic N) is 1. The van der Waals surface area contributed by atoms with E-state index in [-0.39, 0.29) is 0 Å². The predicted molar refractivity (Wildman–Crippen MR) is 67.1 cm³/mol. The van der Waals surface area contributed by atoms with E-state index in [0.717, 1.165) is 0 Å². The predicted octanol–water partition coefficient (Wildman–Crippen LogP) is 1.42. The van der Waals surface area contributed by atoms with Gasteiger partial charge in [-0.1, -0.05) is 12.1 Å². The van der Waals surface area contributed by atoms with Crippen molar-refractivity contribution in [1.29, 1.82) is 0 Å². The number of alkyl carbamates (subject to hydrolysis) is 1. The summed E-state index contributed by atoms with van der Waals surface area (Å²) in [5.74, 6) is 0. The van der Waals surface area contributed by atoms with Crippen molar-refractivity contribution in [1.82, 2.24) is 10.5 Å². The minimum Gasteiger partial charge on any atom is -0.444 e. The zero-order chi connectivity index (χ0) is 13.8. The lowest BCUT2D eigenvalue weighted by Crippen LogP contribution is -2.45. The van der Waals surface area contributed by atoms with E-state index >= 15 is 0 Å². The van der Waals surface area contributed by atoms with Crippen molar-refractivity contribution in [2.45, 2.75) is 38.7 Å². The van der Waals surface area contributed by atoms with E-state index in [1.165, 1.54) is 6.26 Å². The first-order valence-corrected chi connectivity index (χ1v) is 5.85. The van der Waals surface area contributed by atoms with Crippen LogP contribution in [0.1, 0.15) is 33.4 Å². The van der Waals surface area contributed by atoms with E-state index in [2.05, 4.69) is 10.5 Å². The van der Waals surface area contributed by atoms with Gasteiger partial charge in [-0.2, -0.15) is 0 Å². The van der Waals surface area contributed by atoms with Crippen LogP contribution in [-0.2, 0) is 10.2 Å². The molecule has 0 saturated carbocycles. The van der Waals surface area contributed by atoms with Gasteiger partial charge in [0.15, 0.2) is 0 Å². The molecule has 0 aliphatic carbocycles. The van der Waals surface area contributed by atoms with Crippen LogP contribution in [0.25, 0.3) is 0 Å². The third-order valence-corrected chi connectivity index (χ3v) is 2.53. The fourth-order valence-corrected chi connectivity index (χ4v) is 1.37. The highest BCUT2D eigenvalue weighted by molar-refractivity contribution is 5.67. The van der Waals surface area contributed by atoms with Crippen molar-refractivity contribution in [2.24, 2.45) is 5.73 Å². The summed E-state index contributed by atoms with van der Waals surface area (Å²) in [7, 11) is 0. The second-order valence-electron chi connectivity index (χ2n) is 5.50. The van der Waals surface area contributed by atoms with Gasteiger partial charge in [-0.15, -0.1) is 0 Å². The zero-order valence-electron chi connectivity index (χ0n) is 11.3. The molecule has 0 radical (unpaired) electrons. The third-order valence-electron chi connectivity index (χ3n) is 2.53. The molecule has 0 saturated heterocycles. The maximum absolute atomic E-state index is 11.6. The number of rotatable bonds is 4. The first kappa shape index (κ1) is 14.5.